The molecule has 10 heavy (non-hydrogen) atoms. The average Bonchev–Trinajstić information content (AvgIpc) is 2.05. The SMILES string of the molecule is CSc1cc(CN)ccn1. The summed E-state index contributed by atoms with van der Waals surface area (Å²) in [6.07, 6.45) is 3.79. The summed E-state index contributed by atoms with van der Waals surface area (Å²) in [6.45, 7) is 0.593. The Balaban J connectivity index is 2.87. The lowest BCUT2D eigenvalue weighted by molar-refractivity contribution is 1.02. The molecule has 2 nitrogen and oxygen atoms in total. The van der Waals surface area contributed by atoms with Gasteiger partial charge in [0.25, 0.3) is 0 Å². The van der Waals surface area contributed by atoms with Crippen molar-refractivity contribution in [3.05, 3.63) is 23.9 Å². The Morgan fingerprint density at radius 2 is 2.50 bits per heavy atom. The Hall–Kier alpha value is -0.540. The predicted molar refractivity (Wildman–Crippen MR) is 43.9 cm³/mol. The van der Waals surface area contributed by atoms with Gasteiger partial charge in [0.05, 0.1) is 5.03 Å². The van der Waals surface area contributed by atoms with Gasteiger partial charge < -0.3 is 5.73 Å². The second-order valence-electron chi connectivity index (χ2n) is 1.91. The molecule has 0 atom stereocenters. The maximum Gasteiger partial charge on any atom is 0.0960 e. The molecule has 1 rings (SSSR count). The van der Waals surface area contributed by atoms with Crippen LogP contribution in [0.25, 0.3) is 0 Å². The molecule has 0 radical (unpaired) electrons. The Labute approximate surface area is 64.8 Å². The molecule has 54 valence electrons. The molecular formula is C7H10N2S. The largest absolute Gasteiger partial charge is 0.326 e. The molecule has 0 saturated carbocycles. The summed E-state index contributed by atoms with van der Waals surface area (Å²) in [6, 6.07) is 3.93. The minimum Gasteiger partial charge on any atom is -0.326 e. The van der Waals surface area contributed by atoms with Crippen molar-refractivity contribution in [3.8, 4) is 0 Å². The summed E-state index contributed by atoms with van der Waals surface area (Å²) in [5.74, 6) is 0. The van der Waals surface area contributed by atoms with Crippen LogP contribution in [0.5, 0.6) is 0 Å². The molecule has 0 saturated heterocycles. The van der Waals surface area contributed by atoms with E-state index in [0.29, 0.717) is 6.54 Å². The van der Waals surface area contributed by atoms with Crippen molar-refractivity contribution in [1.29, 1.82) is 0 Å². The second-order valence-corrected chi connectivity index (χ2v) is 2.74. The van der Waals surface area contributed by atoms with Crippen molar-refractivity contribution in [2.24, 2.45) is 5.73 Å². The van der Waals surface area contributed by atoms with E-state index < -0.39 is 0 Å². The molecule has 0 unspecified atom stereocenters. The molecule has 0 aromatic carbocycles. The van der Waals surface area contributed by atoms with Crippen molar-refractivity contribution < 1.29 is 0 Å². The van der Waals surface area contributed by atoms with Crippen molar-refractivity contribution >= 4 is 11.8 Å². The van der Waals surface area contributed by atoms with Gasteiger partial charge in [-0.1, -0.05) is 0 Å². The quantitative estimate of drug-likeness (QED) is 0.652. The van der Waals surface area contributed by atoms with E-state index in [1.807, 2.05) is 18.4 Å². The monoisotopic (exact) mass is 154 g/mol. The minimum atomic E-state index is 0.593. The molecule has 0 fully saturated rings. The fourth-order valence-corrected chi connectivity index (χ4v) is 1.12. The van der Waals surface area contributed by atoms with E-state index in [2.05, 4.69) is 4.98 Å². The molecule has 0 aliphatic carbocycles. The van der Waals surface area contributed by atoms with Crippen LogP contribution in [0.1, 0.15) is 5.56 Å². The average molecular weight is 154 g/mol. The van der Waals surface area contributed by atoms with Crippen LogP contribution in [0.4, 0.5) is 0 Å². The smallest absolute Gasteiger partial charge is 0.0960 e. The Bertz CT molecular complexity index is 193. The van der Waals surface area contributed by atoms with Crippen molar-refractivity contribution in [2.75, 3.05) is 6.26 Å². The third kappa shape index (κ3) is 1.72. The van der Waals surface area contributed by atoms with Crippen LogP contribution in [-0.4, -0.2) is 11.2 Å². The van der Waals surface area contributed by atoms with Gasteiger partial charge in [-0.05, 0) is 24.0 Å². The minimum absolute atomic E-state index is 0.593. The molecule has 1 aromatic heterocycles. The molecular weight excluding hydrogens is 144 g/mol. The topological polar surface area (TPSA) is 38.9 Å². The third-order valence-corrected chi connectivity index (χ3v) is 1.89. The first-order valence-electron chi connectivity index (χ1n) is 3.06. The Morgan fingerprint density at radius 3 is 3.10 bits per heavy atom. The van der Waals surface area contributed by atoms with Crippen LogP contribution in [0, 0.1) is 0 Å². The molecule has 0 aliphatic rings. The van der Waals surface area contributed by atoms with Crippen molar-refractivity contribution in [2.45, 2.75) is 11.6 Å². The number of rotatable bonds is 2. The molecule has 3 heteroatoms. The molecule has 1 aromatic rings. The lowest BCUT2D eigenvalue weighted by Crippen LogP contribution is -1.96. The third-order valence-electron chi connectivity index (χ3n) is 1.24. The highest BCUT2D eigenvalue weighted by Gasteiger charge is 1.91. The van der Waals surface area contributed by atoms with Gasteiger partial charge in [-0.15, -0.1) is 11.8 Å². The molecule has 0 amide bonds. The van der Waals surface area contributed by atoms with Crippen LogP contribution in [-0.2, 0) is 6.54 Å². The fourth-order valence-electron chi connectivity index (χ4n) is 0.689. The van der Waals surface area contributed by atoms with Crippen molar-refractivity contribution in [3.63, 3.8) is 0 Å². The van der Waals surface area contributed by atoms with E-state index in [4.69, 9.17) is 5.73 Å². The molecule has 1 heterocycles. The van der Waals surface area contributed by atoms with E-state index in [0.717, 1.165) is 10.6 Å². The second kappa shape index (κ2) is 3.58. The Kier molecular flexibility index (Phi) is 2.71. The number of thioether (sulfide) groups is 1. The summed E-state index contributed by atoms with van der Waals surface area (Å²) in [4.78, 5) is 4.11. The molecule has 0 aliphatic heterocycles. The van der Waals surface area contributed by atoms with Crippen LogP contribution in [0.3, 0.4) is 0 Å². The van der Waals surface area contributed by atoms with Crippen LogP contribution in [0.2, 0.25) is 0 Å². The number of nitrogens with two attached hydrogens (primary N) is 1. The van der Waals surface area contributed by atoms with Crippen LogP contribution in [0.15, 0.2) is 23.4 Å². The maximum absolute atomic E-state index is 5.44. The van der Waals surface area contributed by atoms with E-state index in [-0.39, 0.29) is 0 Å². The number of pyridine rings is 1. The summed E-state index contributed by atoms with van der Waals surface area (Å²) >= 11 is 1.63. The van der Waals surface area contributed by atoms with E-state index in [1.54, 1.807) is 18.0 Å². The molecule has 0 spiro atoms. The summed E-state index contributed by atoms with van der Waals surface area (Å²) in [5.41, 5.74) is 6.57. The van der Waals surface area contributed by atoms with E-state index >= 15 is 0 Å². The first-order valence-corrected chi connectivity index (χ1v) is 4.28. The van der Waals surface area contributed by atoms with Crippen LogP contribution < -0.4 is 5.73 Å². The first-order chi connectivity index (χ1) is 4.86. The normalized spacial score (nSPS) is 9.80. The zero-order valence-electron chi connectivity index (χ0n) is 5.87. The number of aromatic nitrogens is 1. The Morgan fingerprint density at radius 1 is 1.70 bits per heavy atom. The summed E-state index contributed by atoms with van der Waals surface area (Å²) in [5, 5.41) is 1.03. The zero-order valence-corrected chi connectivity index (χ0v) is 6.69. The van der Waals surface area contributed by atoms with Gasteiger partial charge in [0.15, 0.2) is 0 Å². The van der Waals surface area contributed by atoms with Gasteiger partial charge in [-0.3, -0.25) is 0 Å². The maximum atomic E-state index is 5.44. The van der Waals surface area contributed by atoms with Crippen LogP contribution >= 0.6 is 11.8 Å². The lowest BCUT2D eigenvalue weighted by Gasteiger charge is -1.97. The van der Waals surface area contributed by atoms with Gasteiger partial charge in [0.1, 0.15) is 0 Å². The molecule has 0 bridgehead atoms. The standard InChI is InChI=1S/C7H10N2S/c1-10-7-4-6(5-8)2-3-9-7/h2-4H,5,8H2,1H3. The summed E-state index contributed by atoms with van der Waals surface area (Å²) < 4.78 is 0. The summed E-state index contributed by atoms with van der Waals surface area (Å²) in [7, 11) is 0. The fraction of sp³-hybridized carbons (Fsp3) is 0.286. The van der Waals surface area contributed by atoms with Gasteiger partial charge in [-0.2, -0.15) is 0 Å². The van der Waals surface area contributed by atoms with E-state index in [1.165, 1.54) is 0 Å². The molecule has 2 N–H and O–H groups in total. The van der Waals surface area contributed by atoms with Gasteiger partial charge in [0.2, 0.25) is 0 Å². The van der Waals surface area contributed by atoms with Gasteiger partial charge in [0, 0.05) is 12.7 Å². The highest BCUT2D eigenvalue weighted by atomic mass is 32.2. The highest BCUT2D eigenvalue weighted by molar-refractivity contribution is 7.98. The van der Waals surface area contributed by atoms with Gasteiger partial charge in [-0.25, -0.2) is 4.98 Å². The van der Waals surface area contributed by atoms with E-state index in [9.17, 15) is 0 Å². The zero-order chi connectivity index (χ0) is 7.40. The lowest BCUT2D eigenvalue weighted by atomic mass is 10.3. The number of hydrogen-bond donors (Lipinski definition) is 1. The highest BCUT2D eigenvalue weighted by Crippen LogP contribution is 2.11. The number of nitrogens with zero attached hydrogens (tertiary/aromatic N) is 1. The van der Waals surface area contributed by atoms with Crippen molar-refractivity contribution in [1.82, 2.24) is 4.98 Å². The first kappa shape index (κ1) is 7.57. The predicted octanol–water partition coefficient (Wildman–Crippen LogP) is 1.26. The number of hydrogen-bond acceptors (Lipinski definition) is 3. The van der Waals surface area contributed by atoms with Gasteiger partial charge >= 0.3 is 0 Å².